The Kier molecular flexibility index (Phi) is 4.79. The Morgan fingerprint density at radius 1 is 1.47 bits per heavy atom. The summed E-state index contributed by atoms with van der Waals surface area (Å²) in [6, 6.07) is 0. The first-order valence-electron chi connectivity index (χ1n) is 5.82. The number of aromatic nitrogens is 2. The van der Waals surface area contributed by atoms with E-state index in [0.717, 1.165) is 4.34 Å². The number of esters is 1. The molecule has 1 aliphatic rings. The van der Waals surface area contributed by atoms with Crippen LogP contribution in [-0.4, -0.2) is 29.0 Å². The third-order valence-corrected chi connectivity index (χ3v) is 5.11. The van der Waals surface area contributed by atoms with Crippen molar-refractivity contribution in [1.29, 1.82) is 0 Å². The molecule has 2 rings (SSSR count). The predicted octanol–water partition coefficient (Wildman–Crippen LogP) is 2.85. The molecule has 1 saturated carbocycles. The molecule has 6 heteroatoms. The van der Waals surface area contributed by atoms with Gasteiger partial charge in [0, 0.05) is 11.7 Å². The molecule has 0 saturated heterocycles. The standard InChI is InChI=1S/C11H16N2O2S2/c1-15-9(14)6-7-16-11-13-12-10(17-11)8-4-2-3-5-8/h8H,2-7H2,1H3. The second-order valence-corrected chi connectivity index (χ2v) is 6.41. The number of hydrogen-bond donors (Lipinski definition) is 0. The minimum atomic E-state index is -0.168. The van der Waals surface area contributed by atoms with E-state index in [1.54, 1.807) is 23.1 Å². The van der Waals surface area contributed by atoms with Gasteiger partial charge in [-0.1, -0.05) is 35.9 Å². The van der Waals surface area contributed by atoms with Crippen molar-refractivity contribution in [3.63, 3.8) is 0 Å². The van der Waals surface area contributed by atoms with Crippen LogP contribution in [0.1, 0.15) is 43.0 Å². The largest absolute Gasteiger partial charge is 0.469 e. The molecule has 1 heterocycles. The minimum Gasteiger partial charge on any atom is -0.469 e. The van der Waals surface area contributed by atoms with Gasteiger partial charge in [0.15, 0.2) is 4.34 Å². The van der Waals surface area contributed by atoms with Gasteiger partial charge in [0.2, 0.25) is 0 Å². The summed E-state index contributed by atoms with van der Waals surface area (Å²) in [7, 11) is 1.41. The van der Waals surface area contributed by atoms with Crippen LogP contribution in [0.5, 0.6) is 0 Å². The number of methoxy groups -OCH3 is 1. The number of carbonyl (C=O) groups excluding carboxylic acids is 1. The average molecular weight is 272 g/mol. The van der Waals surface area contributed by atoms with Gasteiger partial charge >= 0.3 is 5.97 Å². The lowest BCUT2D eigenvalue weighted by Gasteiger charge is -2.00. The Bertz CT molecular complexity index is 375. The van der Waals surface area contributed by atoms with Crippen LogP contribution in [0, 0.1) is 0 Å². The highest BCUT2D eigenvalue weighted by atomic mass is 32.2. The second kappa shape index (κ2) is 6.35. The van der Waals surface area contributed by atoms with Crippen molar-refractivity contribution in [2.24, 2.45) is 0 Å². The van der Waals surface area contributed by atoms with Crippen molar-refractivity contribution < 1.29 is 9.53 Å². The number of ether oxygens (including phenoxy) is 1. The lowest BCUT2D eigenvalue weighted by Crippen LogP contribution is -2.00. The van der Waals surface area contributed by atoms with Gasteiger partial charge in [0.05, 0.1) is 13.5 Å². The van der Waals surface area contributed by atoms with Crippen molar-refractivity contribution in [2.75, 3.05) is 12.9 Å². The van der Waals surface area contributed by atoms with Crippen LogP contribution in [0.4, 0.5) is 0 Å². The predicted molar refractivity (Wildman–Crippen MR) is 68.5 cm³/mol. The molecule has 0 aromatic carbocycles. The summed E-state index contributed by atoms with van der Waals surface area (Å²) in [5.41, 5.74) is 0. The number of hydrogen-bond acceptors (Lipinski definition) is 6. The molecule has 0 aliphatic heterocycles. The van der Waals surface area contributed by atoms with E-state index >= 15 is 0 Å². The molecule has 94 valence electrons. The highest BCUT2D eigenvalue weighted by molar-refractivity contribution is 8.01. The molecule has 0 atom stereocenters. The zero-order valence-corrected chi connectivity index (χ0v) is 11.5. The molecule has 1 aromatic rings. The highest BCUT2D eigenvalue weighted by Gasteiger charge is 2.21. The normalized spacial score (nSPS) is 16.3. The number of thioether (sulfide) groups is 1. The van der Waals surface area contributed by atoms with Gasteiger partial charge in [-0.3, -0.25) is 4.79 Å². The van der Waals surface area contributed by atoms with E-state index in [9.17, 15) is 4.79 Å². The van der Waals surface area contributed by atoms with E-state index in [1.165, 1.54) is 37.8 Å². The summed E-state index contributed by atoms with van der Waals surface area (Å²) in [5.74, 6) is 1.17. The van der Waals surface area contributed by atoms with Gasteiger partial charge < -0.3 is 4.74 Å². The highest BCUT2D eigenvalue weighted by Crippen LogP contribution is 2.37. The van der Waals surface area contributed by atoms with Crippen LogP contribution < -0.4 is 0 Å². The van der Waals surface area contributed by atoms with Crippen LogP contribution in [0.15, 0.2) is 4.34 Å². The number of rotatable bonds is 5. The first-order valence-corrected chi connectivity index (χ1v) is 7.63. The van der Waals surface area contributed by atoms with Gasteiger partial charge in [-0.25, -0.2) is 0 Å². The van der Waals surface area contributed by atoms with Crippen molar-refractivity contribution in [1.82, 2.24) is 10.2 Å². The van der Waals surface area contributed by atoms with Crippen molar-refractivity contribution in [3.8, 4) is 0 Å². The Labute approximate surface area is 109 Å². The molecule has 0 amide bonds. The van der Waals surface area contributed by atoms with Crippen LogP contribution in [0.3, 0.4) is 0 Å². The Hall–Kier alpha value is -0.620. The molecule has 1 fully saturated rings. The number of nitrogens with zero attached hydrogens (tertiary/aromatic N) is 2. The molecule has 4 nitrogen and oxygen atoms in total. The average Bonchev–Trinajstić information content (AvgIpc) is 2.98. The van der Waals surface area contributed by atoms with Crippen LogP contribution >= 0.6 is 23.1 Å². The van der Waals surface area contributed by atoms with Gasteiger partial charge in [-0.2, -0.15) is 0 Å². The fourth-order valence-electron chi connectivity index (χ4n) is 1.94. The molecular weight excluding hydrogens is 256 g/mol. The summed E-state index contributed by atoms with van der Waals surface area (Å²) in [6.07, 6.45) is 5.56. The third kappa shape index (κ3) is 3.67. The molecule has 0 unspecified atom stereocenters. The summed E-state index contributed by atoms with van der Waals surface area (Å²) >= 11 is 3.27. The first kappa shape index (κ1) is 12.8. The van der Waals surface area contributed by atoms with Crippen molar-refractivity contribution in [3.05, 3.63) is 5.01 Å². The fraction of sp³-hybridized carbons (Fsp3) is 0.727. The molecule has 17 heavy (non-hydrogen) atoms. The topological polar surface area (TPSA) is 52.1 Å². The van der Waals surface area contributed by atoms with Crippen molar-refractivity contribution >= 4 is 29.1 Å². The summed E-state index contributed by atoms with van der Waals surface area (Å²) < 4.78 is 5.56. The third-order valence-electron chi connectivity index (χ3n) is 2.89. The number of carbonyl (C=O) groups is 1. The van der Waals surface area contributed by atoms with E-state index in [2.05, 4.69) is 14.9 Å². The quantitative estimate of drug-likeness (QED) is 0.609. The smallest absolute Gasteiger partial charge is 0.306 e. The maximum Gasteiger partial charge on any atom is 0.306 e. The first-order chi connectivity index (χ1) is 8.29. The molecule has 0 spiro atoms. The lowest BCUT2D eigenvalue weighted by atomic mass is 10.1. The zero-order chi connectivity index (χ0) is 12.1. The van der Waals surface area contributed by atoms with Gasteiger partial charge in [-0.05, 0) is 12.8 Å². The molecule has 0 N–H and O–H groups in total. The van der Waals surface area contributed by atoms with Gasteiger partial charge in [0.1, 0.15) is 5.01 Å². The second-order valence-electron chi connectivity index (χ2n) is 4.06. The van der Waals surface area contributed by atoms with E-state index in [-0.39, 0.29) is 5.97 Å². The minimum absolute atomic E-state index is 0.168. The van der Waals surface area contributed by atoms with Crippen LogP contribution in [0.25, 0.3) is 0 Å². The van der Waals surface area contributed by atoms with Gasteiger partial charge in [0.25, 0.3) is 0 Å². The summed E-state index contributed by atoms with van der Waals surface area (Å²) in [4.78, 5) is 10.9. The zero-order valence-electron chi connectivity index (χ0n) is 9.85. The Morgan fingerprint density at radius 3 is 2.94 bits per heavy atom. The van der Waals surface area contributed by atoms with E-state index in [0.29, 0.717) is 18.1 Å². The maximum absolute atomic E-state index is 10.9. The Balaban J connectivity index is 1.79. The summed E-state index contributed by atoms with van der Waals surface area (Å²) in [6.45, 7) is 0. The molecule has 1 aliphatic carbocycles. The van der Waals surface area contributed by atoms with Crippen LogP contribution in [-0.2, 0) is 9.53 Å². The molecule has 0 radical (unpaired) electrons. The Morgan fingerprint density at radius 2 is 2.24 bits per heavy atom. The lowest BCUT2D eigenvalue weighted by molar-refractivity contribution is -0.140. The molecule has 0 bridgehead atoms. The van der Waals surface area contributed by atoms with E-state index in [4.69, 9.17) is 0 Å². The van der Waals surface area contributed by atoms with Gasteiger partial charge in [-0.15, -0.1) is 10.2 Å². The van der Waals surface area contributed by atoms with Crippen molar-refractivity contribution in [2.45, 2.75) is 42.4 Å². The molecule has 1 aromatic heterocycles. The fourth-order valence-corrected chi connectivity index (χ4v) is 3.97. The van der Waals surface area contributed by atoms with Crippen LogP contribution in [0.2, 0.25) is 0 Å². The molecular formula is C11H16N2O2S2. The SMILES string of the molecule is COC(=O)CCSc1nnc(C2CCCC2)s1. The summed E-state index contributed by atoms with van der Waals surface area (Å²) in [5, 5.41) is 9.58. The maximum atomic E-state index is 10.9. The monoisotopic (exact) mass is 272 g/mol. The van der Waals surface area contributed by atoms with E-state index < -0.39 is 0 Å². The van der Waals surface area contributed by atoms with E-state index in [1.807, 2.05) is 0 Å².